The molecule has 114 valence electrons. The monoisotopic (exact) mass is 317 g/mol. The highest BCUT2D eigenvalue weighted by Gasteiger charge is 2.23. The lowest BCUT2D eigenvalue weighted by Crippen LogP contribution is -2.34. The van der Waals surface area contributed by atoms with Gasteiger partial charge in [0.15, 0.2) is 0 Å². The van der Waals surface area contributed by atoms with E-state index in [4.69, 9.17) is 11.6 Å². The minimum atomic E-state index is -0.0966. The molecule has 0 radical (unpaired) electrons. The highest BCUT2D eigenvalue weighted by molar-refractivity contribution is 6.30. The first-order chi connectivity index (χ1) is 10.6. The van der Waals surface area contributed by atoms with Gasteiger partial charge in [0.2, 0.25) is 0 Å². The van der Waals surface area contributed by atoms with E-state index in [2.05, 4.69) is 26.9 Å². The van der Waals surface area contributed by atoms with Crippen molar-refractivity contribution in [2.24, 2.45) is 0 Å². The summed E-state index contributed by atoms with van der Waals surface area (Å²) < 4.78 is 1.84. The van der Waals surface area contributed by atoms with Crippen LogP contribution in [-0.4, -0.2) is 44.6 Å². The molecule has 22 heavy (non-hydrogen) atoms. The molecule has 1 saturated heterocycles. The smallest absolute Gasteiger partial charge is 0.306 e. The van der Waals surface area contributed by atoms with Gasteiger partial charge < -0.3 is 9.88 Å². The van der Waals surface area contributed by atoms with Gasteiger partial charge in [-0.3, -0.25) is 9.55 Å². The number of pyridine rings is 2. The van der Waals surface area contributed by atoms with E-state index in [1.807, 2.05) is 10.6 Å². The molecule has 0 bridgehead atoms. The van der Waals surface area contributed by atoms with Gasteiger partial charge in [-0.25, -0.2) is 9.78 Å². The molecule has 0 saturated carbocycles. The van der Waals surface area contributed by atoms with Crippen LogP contribution in [0.4, 0.5) is 0 Å². The van der Waals surface area contributed by atoms with E-state index < -0.39 is 0 Å². The molecule has 0 atom stereocenters. The number of piperidine rings is 1. The number of nitrogens with zero attached hydrogens (tertiary/aromatic N) is 4. The van der Waals surface area contributed by atoms with Gasteiger partial charge in [0, 0.05) is 6.04 Å². The van der Waals surface area contributed by atoms with E-state index in [1.165, 1.54) is 0 Å². The molecule has 0 amide bonds. The van der Waals surface area contributed by atoms with Crippen molar-refractivity contribution in [3.8, 4) is 0 Å². The standard InChI is InChI=1S/C15H16ClN5O/c1-20-6-4-9(5-7-20)21-14-11(18-15(21)22)8-17-10-2-3-12(16)19-13(10)14/h2-3,8-9H,4-7H2,1H3,(H,18,22). The molecule has 0 aliphatic carbocycles. The minimum Gasteiger partial charge on any atom is -0.306 e. The van der Waals surface area contributed by atoms with Crippen molar-refractivity contribution < 1.29 is 0 Å². The summed E-state index contributed by atoms with van der Waals surface area (Å²) in [7, 11) is 2.11. The lowest BCUT2D eigenvalue weighted by molar-refractivity contribution is 0.222. The van der Waals surface area contributed by atoms with Crippen molar-refractivity contribution in [1.82, 2.24) is 24.4 Å². The maximum absolute atomic E-state index is 12.5. The lowest BCUT2D eigenvalue weighted by atomic mass is 10.1. The van der Waals surface area contributed by atoms with Gasteiger partial charge in [-0.05, 0) is 45.1 Å². The number of H-pyrrole nitrogens is 1. The molecule has 3 aromatic rings. The number of hydrogen-bond donors (Lipinski definition) is 1. The highest BCUT2D eigenvalue weighted by Crippen LogP contribution is 2.28. The molecule has 3 aromatic heterocycles. The van der Waals surface area contributed by atoms with E-state index in [1.54, 1.807) is 12.3 Å². The Bertz CT molecular complexity index is 907. The molecule has 1 N–H and O–H groups in total. The quantitative estimate of drug-likeness (QED) is 0.699. The normalized spacial score (nSPS) is 17.5. The van der Waals surface area contributed by atoms with Gasteiger partial charge >= 0.3 is 5.69 Å². The second-order valence-electron chi connectivity index (χ2n) is 5.86. The molecule has 1 aliphatic heterocycles. The van der Waals surface area contributed by atoms with Crippen molar-refractivity contribution >= 4 is 33.7 Å². The Hall–Kier alpha value is -1.92. The lowest BCUT2D eigenvalue weighted by Gasteiger charge is -2.29. The largest absolute Gasteiger partial charge is 0.326 e. The first kappa shape index (κ1) is 13.7. The summed E-state index contributed by atoms with van der Waals surface area (Å²) in [6.45, 7) is 1.97. The Morgan fingerprint density at radius 2 is 2.09 bits per heavy atom. The first-order valence-electron chi connectivity index (χ1n) is 7.37. The van der Waals surface area contributed by atoms with Crippen molar-refractivity contribution in [2.45, 2.75) is 18.9 Å². The molecular formula is C15H16ClN5O. The summed E-state index contributed by atoms with van der Waals surface area (Å²) in [4.78, 5) is 26.4. The van der Waals surface area contributed by atoms with E-state index >= 15 is 0 Å². The van der Waals surface area contributed by atoms with Gasteiger partial charge in [0.1, 0.15) is 10.7 Å². The number of rotatable bonds is 1. The van der Waals surface area contributed by atoms with Crippen molar-refractivity contribution in [1.29, 1.82) is 0 Å². The van der Waals surface area contributed by atoms with E-state index in [9.17, 15) is 4.79 Å². The number of halogens is 1. The molecule has 0 spiro atoms. The van der Waals surface area contributed by atoms with Crippen molar-refractivity contribution in [3.05, 3.63) is 34.0 Å². The Morgan fingerprint density at radius 3 is 2.86 bits per heavy atom. The van der Waals surface area contributed by atoms with Crippen LogP contribution < -0.4 is 5.69 Å². The van der Waals surface area contributed by atoms with E-state index in [0.29, 0.717) is 16.2 Å². The molecule has 7 heteroatoms. The molecular weight excluding hydrogens is 302 g/mol. The molecule has 4 rings (SSSR count). The van der Waals surface area contributed by atoms with Gasteiger partial charge in [0.25, 0.3) is 0 Å². The van der Waals surface area contributed by atoms with Crippen LogP contribution >= 0.6 is 11.6 Å². The van der Waals surface area contributed by atoms with Gasteiger partial charge in [-0.15, -0.1) is 0 Å². The summed E-state index contributed by atoms with van der Waals surface area (Å²) >= 11 is 6.04. The molecule has 1 fully saturated rings. The zero-order valence-corrected chi connectivity index (χ0v) is 13.0. The average Bonchev–Trinajstić information content (AvgIpc) is 2.84. The van der Waals surface area contributed by atoms with Crippen LogP contribution in [0.25, 0.3) is 22.1 Å². The van der Waals surface area contributed by atoms with Crippen LogP contribution in [0.15, 0.2) is 23.1 Å². The van der Waals surface area contributed by atoms with E-state index in [0.717, 1.165) is 37.0 Å². The highest BCUT2D eigenvalue weighted by atomic mass is 35.5. The maximum Gasteiger partial charge on any atom is 0.326 e. The van der Waals surface area contributed by atoms with Gasteiger partial charge in [-0.1, -0.05) is 11.6 Å². The number of fused-ring (bicyclic) bond motifs is 3. The summed E-state index contributed by atoms with van der Waals surface area (Å²) in [6.07, 6.45) is 3.60. The molecule has 1 aliphatic rings. The SMILES string of the molecule is CN1CCC(n2c(=O)[nH]c3cnc4ccc(Cl)nc4c32)CC1. The first-order valence-corrected chi connectivity index (χ1v) is 7.75. The zero-order chi connectivity index (χ0) is 15.3. The number of aromatic amines is 1. The predicted octanol–water partition coefficient (Wildman–Crippen LogP) is 2.19. The van der Waals surface area contributed by atoms with Crippen LogP contribution in [0.5, 0.6) is 0 Å². The second-order valence-corrected chi connectivity index (χ2v) is 6.24. The number of nitrogens with one attached hydrogen (secondary N) is 1. The molecule has 0 unspecified atom stereocenters. The Balaban J connectivity index is 1.99. The minimum absolute atomic E-state index is 0.0966. The second kappa shape index (κ2) is 5.07. The fourth-order valence-electron chi connectivity index (χ4n) is 3.24. The van der Waals surface area contributed by atoms with Gasteiger partial charge in [0.05, 0.1) is 22.7 Å². The summed E-state index contributed by atoms with van der Waals surface area (Å²) in [5.74, 6) is 0. The summed E-state index contributed by atoms with van der Waals surface area (Å²) in [5.41, 5.74) is 2.86. The maximum atomic E-state index is 12.5. The van der Waals surface area contributed by atoms with Crippen LogP contribution in [0.3, 0.4) is 0 Å². The number of aromatic nitrogens is 4. The number of hydrogen-bond acceptors (Lipinski definition) is 4. The molecule has 6 nitrogen and oxygen atoms in total. The van der Waals surface area contributed by atoms with Crippen LogP contribution in [0, 0.1) is 0 Å². The Kier molecular flexibility index (Phi) is 3.16. The Morgan fingerprint density at radius 1 is 1.32 bits per heavy atom. The third-order valence-electron chi connectivity index (χ3n) is 4.41. The summed E-state index contributed by atoms with van der Waals surface area (Å²) in [6, 6.07) is 3.73. The Labute approximate surface area is 131 Å². The van der Waals surface area contributed by atoms with Crippen molar-refractivity contribution in [3.63, 3.8) is 0 Å². The van der Waals surface area contributed by atoms with Crippen LogP contribution in [0.1, 0.15) is 18.9 Å². The molecule has 4 heterocycles. The zero-order valence-electron chi connectivity index (χ0n) is 12.2. The van der Waals surface area contributed by atoms with Gasteiger partial charge in [-0.2, -0.15) is 0 Å². The van der Waals surface area contributed by atoms with E-state index in [-0.39, 0.29) is 11.7 Å². The fourth-order valence-corrected chi connectivity index (χ4v) is 3.39. The number of likely N-dealkylation sites (tertiary alicyclic amines) is 1. The number of imidazole rings is 1. The summed E-state index contributed by atoms with van der Waals surface area (Å²) in [5, 5.41) is 0.408. The topological polar surface area (TPSA) is 66.8 Å². The third kappa shape index (κ3) is 2.10. The van der Waals surface area contributed by atoms with Crippen molar-refractivity contribution in [2.75, 3.05) is 20.1 Å². The fraction of sp³-hybridized carbons (Fsp3) is 0.400. The van der Waals surface area contributed by atoms with Crippen LogP contribution in [-0.2, 0) is 0 Å². The third-order valence-corrected chi connectivity index (χ3v) is 4.62. The van der Waals surface area contributed by atoms with Crippen LogP contribution in [0.2, 0.25) is 5.15 Å². The average molecular weight is 318 g/mol. The predicted molar refractivity (Wildman–Crippen MR) is 86.4 cm³/mol. The molecule has 0 aromatic carbocycles.